The summed E-state index contributed by atoms with van der Waals surface area (Å²) in [5.41, 5.74) is -3.62. The van der Waals surface area contributed by atoms with Gasteiger partial charge in [-0.2, -0.15) is 0 Å². The van der Waals surface area contributed by atoms with Crippen LogP contribution in [0.15, 0.2) is 18.2 Å². The van der Waals surface area contributed by atoms with Gasteiger partial charge in [0.1, 0.15) is 35.6 Å². The third kappa shape index (κ3) is 5.87. The van der Waals surface area contributed by atoms with E-state index in [9.17, 15) is 43.8 Å². The second-order valence-electron chi connectivity index (χ2n) is 11.4. The number of hydrogen-bond acceptors (Lipinski definition) is 13. The summed E-state index contributed by atoms with van der Waals surface area (Å²) in [5, 5.41) is 47.5. The summed E-state index contributed by atoms with van der Waals surface area (Å²) in [4.78, 5) is 52.3. The van der Waals surface area contributed by atoms with Gasteiger partial charge in [-0.1, -0.05) is 12.1 Å². The number of methoxy groups -OCH3 is 1. The molecule has 2 aromatic carbocycles. The Morgan fingerprint density at radius 3 is 2.48 bits per heavy atom. The minimum Gasteiger partial charge on any atom is -0.507 e. The van der Waals surface area contributed by atoms with Gasteiger partial charge in [0, 0.05) is 36.0 Å². The van der Waals surface area contributed by atoms with Crippen LogP contribution in [-0.4, -0.2) is 102 Å². The van der Waals surface area contributed by atoms with E-state index in [2.05, 4.69) is 5.32 Å². The lowest BCUT2D eigenvalue weighted by molar-refractivity contribution is -0.249. The number of carbonyl (C=O) groups excluding carboxylic acids is 4. The van der Waals surface area contributed by atoms with E-state index in [-0.39, 0.29) is 46.8 Å². The number of hydrogen-bond donors (Lipinski definition) is 6. The second-order valence-corrected chi connectivity index (χ2v) is 12.4. The van der Waals surface area contributed by atoms with Gasteiger partial charge >= 0.3 is 6.09 Å². The zero-order valence-corrected chi connectivity index (χ0v) is 25.8. The van der Waals surface area contributed by atoms with Gasteiger partial charge in [-0.3, -0.25) is 14.4 Å². The first-order chi connectivity index (χ1) is 21.7. The largest absolute Gasteiger partial charge is 0.507 e. The number of aromatic hydroxyl groups is 2. The van der Waals surface area contributed by atoms with E-state index >= 15 is 0 Å². The lowest BCUT2D eigenvalue weighted by atomic mass is 9.72. The zero-order valence-electron chi connectivity index (χ0n) is 25.0. The lowest BCUT2D eigenvalue weighted by Gasteiger charge is -2.42. The first-order valence-corrected chi connectivity index (χ1v) is 15.6. The number of aliphatic hydroxyl groups excluding tert-OH is 1. The molecule has 0 bridgehead atoms. The van der Waals surface area contributed by atoms with Crippen LogP contribution < -0.4 is 10.1 Å². The number of aliphatic hydroxyl groups is 2. The maximum absolute atomic E-state index is 13.8. The fourth-order valence-electron chi connectivity index (χ4n) is 6.17. The predicted octanol–water partition coefficient (Wildman–Crippen LogP) is 1.02. The molecule has 16 heteroatoms. The van der Waals surface area contributed by atoms with Crippen LogP contribution in [-0.2, 0) is 36.5 Å². The molecule has 248 valence electrons. The molecule has 46 heavy (non-hydrogen) atoms. The van der Waals surface area contributed by atoms with Crippen molar-refractivity contribution in [2.45, 2.75) is 69.4 Å². The van der Waals surface area contributed by atoms with Gasteiger partial charge in [0.15, 0.2) is 28.9 Å². The average molecular weight is 664 g/mol. The molecule has 2 aromatic rings. The lowest BCUT2D eigenvalue weighted by Crippen LogP contribution is -2.55. The SMILES string of the molecule is COc1cccc2c1C(=O)c1c(O)c3c(c(O)c1C2=O)C[C@@](O)(C(C)=O)CC3OC1CC(NC(=O)OCCS(=O)O)C(O)C(C)O1. The van der Waals surface area contributed by atoms with Crippen molar-refractivity contribution >= 4 is 34.5 Å². The van der Waals surface area contributed by atoms with E-state index in [1.165, 1.54) is 32.2 Å². The Kier molecular flexibility index (Phi) is 9.23. The van der Waals surface area contributed by atoms with Crippen LogP contribution in [0.1, 0.15) is 75.8 Å². The van der Waals surface area contributed by atoms with Crippen molar-refractivity contribution in [1.29, 1.82) is 0 Å². The number of amides is 1. The number of Topliss-reactive ketones (excluding diaryl/α,β-unsaturated/α-hetero) is 1. The molecule has 0 saturated carbocycles. The van der Waals surface area contributed by atoms with Crippen molar-refractivity contribution in [1.82, 2.24) is 5.32 Å². The molecule has 1 aliphatic heterocycles. The normalized spacial score (nSPS) is 27.6. The van der Waals surface area contributed by atoms with Crippen LogP contribution >= 0.6 is 0 Å². The molecule has 1 fully saturated rings. The van der Waals surface area contributed by atoms with Crippen molar-refractivity contribution in [2.75, 3.05) is 19.5 Å². The van der Waals surface area contributed by atoms with Gasteiger partial charge in [0.2, 0.25) is 5.78 Å². The number of nitrogens with one attached hydrogen (secondary N) is 1. The van der Waals surface area contributed by atoms with E-state index in [1.54, 1.807) is 0 Å². The molecule has 6 N–H and O–H groups in total. The van der Waals surface area contributed by atoms with E-state index < -0.39 is 106 Å². The third-order valence-corrected chi connectivity index (χ3v) is 9.06. The molecule has 1 heterocycles. The second kappa shape index (κ2) is 12.7. The van der Waals surface area contributed by atoms with Crippen LogP contribution in [0.4, 0.5) is 4.79 Å². The van der Waals surface area contributed by atoms with Gasteiger partial charge in [0.05, 0.1) is 47.8 Å². The monoisotopic (exact) mass is 663 g/mol. The van der Waals surface area contributed by atoms with Gasteiger partial charge in [-0.15, -0.1) is 0 Å². The van der Waals surface area contributed by atoms with E-state index in [0.29, 0.717) is 0 Å². The third-order valence-electron chi connectivity index (χ3n) is 8.55. The minimum absolute atomic E-state index is 0.0678. The molecular formula is C30H33NO14S. The molecule has 7 atom stereocenters. The van der Waals surface area contributed by atoms with Crippen LogP contribution in [0.5, 0.6) is 17.2 Å². The van der Waals surface area contributed by atoms with Crippen molar-refractivity contribution < 1.29 is 67.3 Å². The molecular weight excluding hydrogens is 630 g/mol. The molecule has 15 nitrogen and oxygen atoms in total. The zero-order chi connectivity index (χ0) is 33.7. The maximum Gasteiger partial charge on any atom is 0.407 e. The Hall–Kier alpha value is -3.93. The average Bonchev–Trinajstić information content (AvgIpc) is 2.99. The molecule has 0 spiro atoms. The molecule has 0 radical (unpaired) electrons. The van der Waals surface area contributed by atoms with Crippen LogP contribution in [0.3, 0.4) is 0 Å². The Morgan fingerprint density at radius 2 is 1.83 bits per heavy atom. The highest BCUT2D eigenvalue weighted by Gasteiger charge is 2.49. The number of carbonyl (C=O) groups is 4. The fourth-order valence-corrected chi connectivity index (χ4v) is 6.39. The molecule has 6 unspecified atom stereocenters. The summed E-state index contributed by atoms with van der Waals surface area (Å²) >= 11 is -2.18. The quantitative estimate of drug-likeness (QED) is 0.146. The van der Waals surface area contributed by atoms with Crippen molar-refractivity contribution in [3.63, 3.8) is 0 Å². The highest BCUT2D eigenvalue weighted by atomic mass is 32.2. The topological polar surface area (TPSA) is 235 Å². The Morgan fingerprint density at radius 1 is 1.13 bits per heavy atom. The summed E-state index contributed by atoms with van der Waals surface area (Å²) in [7, 11) is 1.31. The first-order valence-electron chi connectivity index (χ1n) is 14.3. The summed E-state index contributed by atoms with van der Waals surface area (Å²) in [6.07, 6.45) is -6.94. The number of rotatable bonds is 8. The predicted molar refractivity (Wildman–Crippen MR) is 156 cm³/mol. The van der Waals surface area contributed by atoms with Crippen molar-refractivity contribution in [2.24, 2.45) is 0 Å². The number of benzene rings is 2. The number of alkyl carbamates (subject to hydrolysis) is 1. The van der Waals surface area contributed by atoms with Gasteiger partial charge < -0.3 is 49.2 Å². The highest BCUT2D eigenvalue weighted by Crippen LogP contribution is 2.52. The minimum atomic E-state index is -2.18. The summed E-state index contributed by atoms with van der Waals surface area (Å²) in [5.74, 6) is -3.93. The standard InChI is InChI=1S/C30H33NO14S/c1-12-24(33)16(31-29(38)43-7-8-46(40)41)9-19(44-12)45-18-11-30(39,13(2)32)10-15-21(18)28(37)23-22(26(15)35)25(34)14-5-4-6-17(42-3)20(14)27(23)36/h4-6,12,16,18-19,24,33,35,37,39H,7-11H2,1-3H3,(H,31,38)(H,40,41)/t12?,16?,18?,19?,24?,30-/m0/s1. The van der Waals surface area contributed by atoms with Gasteiger partial charge in [0.25, 0.3) is 0 Å². The smallest absolute Gasteiger partial charge is 0.407 e. The van der Waals surface area contributed by atoms with E-state index in [0.717, 1.165) is 6.92 Å². The van der Waals surface area contributed by atoms with Crippen molar-refractivity contribution in [3.8, 4) is 17.2 Å². The Balaban J connectivity index is 1.52. The molecule has 3 aliphatic rings. The molecule has 1 amide bonds. The molecule has 2 aliphatic carbocycles. The number of phenols is 2. The van der Waals surface area contributed by atoms with Gasteiger partial charge in [-0.05, 0) is 19.9 Å². The number of fused-ring (bicyclic) bond motifs is 3. The van der Waals surface area contributed by atoms with Crippen LogP contribution in [0.2, 0.25) is 0 Å². The molecule has 1 saturated heterocycles. The summed E-state index contributed by atoms with van der Waals surface area (Å²) in [6.45, 7) is 2.25. The fraction of sp³-hybridized carbons (Fsp3) is 0.467. The number of ether oxygens (including phenoxy) is 4. The summed E-state index contributed by atoms with van der Waals surface area (Å²) < 4.78 is 41.8. The number of ketones is 3. The summed E-state index contributed by atoms with van der Waals surface area (Å²) in [6, 6.07) is 3.32. The van der Waals surface area contributed by atoms with E-state index in [4.69, 9.17) is 23.5 Å². The van der Waals surface area contributed by atoms with Gasteiger partial charge in [-0.25, -0.2) is 9.00 Å². The molecule has 5 rings (SSSR count). The Bertz CT molecular complexity index is 1640. The van der Waals surface area contributed by atoms with Crippen LogP contribution in [0.25, 0.3) is 0 Å². The Labute approximate surface area is 264 Å². The molecule has 0 aromatic heterocycles. The van der Waals surface area contributed by atoms with Crippen molar-refractivity contribution in [3.05, 3.63) is 51.6 Å². The first kappa shape index (κ1) is 33.4. The number of phenolic OH excluding ortho intramolecular Hbond substituents is 2. The van der Waals surface area contributed by atoms with E-state index in [1.807, 2.05) is 0 Å². The van der Waals surface area contributed by atoms with Crippen LogP contribution in [0, 0.1) is 0 Å². The highest BCUT2D eigenvalue weighted by molar-refractivity contribution is 7.79. The maximum atomic E-state index is 13.8.